The van der Waals surface area contributed by atoms with Crippen LogP contribution in [0, 0.1) is 6.92 Å². The second-order valence-corrected chi connectivity index (χ2v) is 6.71. The van der Waals surface area contributed by atoms with Gasteiger partial charge in [0.1, 0.15) is 6.10 Å². The van der Waals surface area contributed by atoms with E-state index in [-0.39, 0.29) is 10.9 Å². The highest BCUT2D eigenvalue weighted by molar-refractivity contribution is 8.00. The van der Waals surface area contributed by atoms with Gasteiger partial charge in [-0.15, -0.1) is 11.3 Å². The highest BCUT2D eigenvalue weighted by Gasteiger charge is 2.38. The third kappa shape index (κ3) is 1.73. The lowest BCUT2D eigenvalue weighted by Gasteiger charge is -2.28. The molecule has 1 N–H and O–H groups in total. The van der Waals surface area contributed by atoms with Gasteiger partial charge in [0.25, 0.3) is 0 Å². The van der Waals surface area contributed by atoms with Gasteiger partial charge in [-0.3, -0.25) is 0 Å². The maximum Gasteiger partial charge on any atom is 0.103 e. The predicted octanol–water partition coefficient (Wildman–Crippen LogP) is 3.38. The molecule has 0 amide bonds. The highest BCUT2D eigenvalue weighted by Crippen LogP contribution is 2.48. The van der Waals surface area contributed by atoms with Crippen molar-refractivity contribution in [3.63, 3.8) is 0 Å². The Labute approximate surface area is 93.5 Å². The molecule has 14 heavy (non-hydrogen) atoms. The maximum absolute atomic E-state index is 10.3. The van der Waals surface area contributed by atoms with Crippen LogP contribution in [-0.4, -0.2) is 15.6 Å². The first kappa shape index (κ1) is 10.5. The summed E-state index contributed by atoms with van der Waals surface area (Å²) in [6.45, 7) is 4.27. The quantitative estimate of drug-likeness (QED) is 0.837. The maximum atomic E-state index is 10.3. The lowest BCUT2D eigenvalue weighted by atomic mass is 9.96. The van der Waals surface area contributed by atoms with Crippen LogP contribution in [0.25, 0.3) is 0 Å². The van der Waals surface area contributed by atoms with Gasteiger partial charge >= 0.3 is 0 Å². The number of thioether (sulfide) groups is 1. The fourth-order valence-corrected chi connectivity index (χ4v) is 4.41. The first-order chi connectivity index (χ1) is 6.63. The van der Waals surface area contributed by atoms with Gasteiger partial charge in [0.2, 0.25) is 0 Å². The highest BCUT2D eigenvalue weighted by atomic mass is 32.2. The number of hydrogen-bond donors (Lipinski definition) is 1. The monoisotopic (exact) mass is 228 g/mol. The summed E-state index contributed by atoms with van der Waals surface area (Å²) >= 11 is 3.60. The molecule has 2 unspecified atom stereocenters. The fourth-order valence-electron chi connectivity index (χ4n) is 1.96. The number of aliphatic hydroxyl groups is 1. The van der Waals surface area contributed by atoms with E-state index < -0.39 is 0 Å². The van der Waals surface area contributed by atoms with E-state index in [0.717, 1.165) is 11.3 Å². The summed E-state index contributed by atoms with van der Waals surface area (Å²) in [7, 11) is 0. The molecule has 0 radical (unpaired) electrons. The second-order valence-electron chi connectivity index (χ2n) is 4.14. The molecule has 1 aliphatic heterocycles. The molecule has 2 atom stereocenters. The number of aliphatic hydroxyl groups excluding tert-OH is 1. The molecule has 1 fully saturated rings. The third-order valence-corrected chi connectivity index (χ3v) is 5.63. The van der Waals surface area contributed by atoms with E-state index in [0.29, 0.717) is 0 Å². The van der Waals surface area contributed by atoms with Crippen LogP contribution in [0.3, 0.4) is 0 Å². The van der Waals surface area contributed by atoms with Gasteiger partial charge in [-0.25, -0.2) is 0 Å². The zero-order chi connectivity index (χ0) is 10.2. The number of hydrogen-bond acceptors (Lipinski definition) is 3. The molecule has 0 aromatic carbocycles. The van der Waals surface area contributed by atoms with E-state index in [2.05, 4.69) is 25.3 Å². The minimum atomic E-state index is -0.282. The number of rotatable bonds is 2. The van der Waals surface area contributed by atoms with Gasteiger partial charge in [-0.1, -0.05) is 0 Å². The number of thiophene rings is 1. The van der Waals surface area contributed by atoms with E-state index in [1.807, 2.05) is 11.8 Å². The van der Waals surface area contributed by atoms with E-state index in [1.165, 1.54) is 17.7 Å². The van der Waals surface area contributed by atoms with Crippen LogP contribution in [0.1, 0.15) is 36.3 Å². The average molecular weight is 228 g/mol. The normalized spacial score (nSPS) is 29.4. The van der Waals surface area contributed by atoms with Crippen molar-refractivity contribution >= 4 is 23.1 Å². The molecule has 2 heterocycles. The minimum Gasteiger partial charge on any atom is -0.386 e. The topological polar surface area (TPSA) is 20.2 Å². The molecule has 3 heteroatoms. The van der Waals surface area contributed by atoms with E-state index in [9.17, 15) is 5.11 Å². The summed E-state index contributed by atoms with van der Waals surface area (Å²) in [5.41, 5.74) is 1.23. The molecule has 0 bridgehead atoms. The van der Waals surface area contributed by atoms with Crippen molar-refractivity contribution in [2.24, 2.45) is 0 Å². The van der Waals surface area contributed by atoms with Crippen LogP contribution in [0.15, 0.2) is 11.4 Å². The van der Waals surface area contributed by atoms with E-state index >= 15 is 0 Å². The molecule has 0 aliphatic carbocycles. The Morgan fingerprint density at radius 2 is 2.36 bits per heavy atom. The van der Waals surface area contributed by atoms with Crippen LogP contribution < -0.4 is 0 Å². The average Bonchev–Trinajstić information content (AvgIpc) is 2.74. The van der Waals surface area contributed by atoms with Crippen molar-refractivity contribution in [1.29, 1.82) is 0 Å². The Morgan fingerprint density at radius 1 is 1.57 bits per heavy atom. The Hall–Kier alpha value is 0.01000. The lowest BCUT2D eigenvalue weighted by Crippen LogP contribution is -2.25. The molecule has 1 aromatic heterocycles. The van der Waals surface area contributed by atoms with Gasteiger partial charge < -0.3 is 5.11 Å². The SMILES string of the molecule is Cc1ccsc1C(O)C1(C)CCCS1. The zero-order valence-electron chi connectivity index (χ0n) is 8.62. The second kappa shape index (κ2) is 3.87. The van der Waals surface area contributed by atoms with Crippen LogP contribution in [0.2, 0.25) is 0 Å². The Morgan fingerprint density at radius 3 is 2.86 bits per heavy atom. The third-order valence-electron chi connectivity index (χ3n) is 2.98. The van der Waals surface area contributed by atoms with Gasteiger partial charge in [-0.2, -0.15) is 11.8 Å². The largest absolute Gasteiger partial charge is 0.386 e. The molecule has 0 spiro atoms. The van der Waals surface area contributed by atoms with Crippen LogP contribution in [0.4, 0.5) is 0 Å². The number of aryl methyl sites for hydroxylation is 1. The summed E-state index contributed by atoms with van der Waals surface area (Å²) < 4.78 is 0.0512. The van der Waals surface area contributed by atoms with Crippen molar-refractivity contribution < 1.29 is 5.11 Å². The molecular weight excluding hydrogens is 212 g/mol. The van der Waals surface area contributed by atoms with Crippen molar-refractivity contribution in [2.45, 2.75) is 37.5 Å². The van der Waals surface area contributed by atoms with Crippen LogP contribution >= 0.6 is 23.1 Å². The Kier molecular flexibility index (Phi) is 2.91. The Balaban J connectivity index is 2.23. The van der Waals surface area contributed by atoms with E-state index in [1.54, 1.807) is 11.3 Å². The minimum absolute atomic E-state index is 0.0512. The molecule has 2 rings (SSSR count). The summed E-state index contributed by atoms with van der Waals surface area (Å²) in [6, 6.07) is 2.09. The van der Waals surface area contributed by atoms with Gasteiger partial charge in [-0.05, 0) is 49.5 Å². The Bertz CT molecular complexity index is 313. The summed E-state index contributed by atoms with van der Waals surface area (Å²) in [4.78, 5) is 1.15. The molecule has 1 saturated heterocycles. The molecule has 1 aromatic rings. The van der Waals surface area contributed by atoms with Gasteiger partial charge in [0.15, 0.2) is 0 Å². The molecular formula is C11H16OS2. The van der Waals surface area contributed by atoms with Crippen molar-refractivity contribution in [3.8, 4) is 0 Å². The lowest BCUT2D eigenvalue weighted by molar-refractivity contribution is 0.138. The molecule has 0 saturated carbocycles. The molecule has 1 aliphatic rings. The van der Waals surface area contributed by atoms with Gasteiger partial charge in [0, 0.05) is 9.62 Å². The van der Waals surface area contributed by atoms with Crippen molar-refractivity contribution in [1.82, 2.24) is 0 Å². The van der Waals surface area contributed by atoms with Crippen LogP contribution in [-0.2, 0) is 0 Å². The first-order valence-corrected chi connectivity index (χ1v) is 6.86. The smallest absolute Gasteiger partial charge is 0.103 e. The van der Waals surface area contributed by atoms with Crippen molar-refractivity contribution in [2.75, 3.05) is 5.75 Å². The van der Waals surface area contributed by atoms with Crippen molar-refractivity contribution in [3.05, 3.63) is 21.9 Å². The van der Waals surface area contributed by atoms with E-state index in [4.69, 9.17) is 0 Å². The van der Waals surface area contributed by atoms with Crippen LogP contribution in [0.5, 0.6) is 0 Å². The predicted molar refractivity (Wildman–Crippen MR) is 64.1 cm³/mol. The summed E-state index contributed by atoms with van der Waals surface area (Å²) in [6.07, 6.45) is 2.09. The molecule has 78 valence electrons. The summed E-state index contributed by atoms with van der Waals surface area (Å²) in [5.74, 6) is 1.19. The fraction of sp³-hybridized carbons (Fsp3) is 0.636. The molecule has 1 nitrogen and oxygen atoms in total. The van der Waals surface area contributed by atoms with Gasteiger partial charge in [0.05, 0.1) is 0 Å². The standard InChI is InChI=1S/C11H16OS2/c1-8-4-7-13-9(8)10(12)11(2)5-3-6-14-11/h4,7,10,12H,3,5-6H2,1-2H3. The first-order valence-electron chi connectivity index (χ1n) is 4.99. The zero-order valence-corrected chi connectivity index (χ0v) is 10.3. The summed E-state index contributed by atoms with van der Waals surface area (Å²) in [5, 5.41) is 12.4.